The van der Waals surface area contributed by atoms with E-state index in [4.69, 9.17) is 24.2 Å². The number of rotatable bonds is 15. The van der Waals surface area contributed by atoms with Gasteiger partial charge in [0.05, 0.1) is 20.8 Å². The molecule has 0 saturated carbocycles. The number of ether oxygens (including phenoxy) is 4. The topological polar surface area (TPSA) is 98.1 Å². The van der Waals surface area contributed by atoms with Crippen molar-refractivity contribution in [2.45, 2.75) is 25.0 Å². The van der Waals surface area contributed by atoms with Crippen LogP contribution in [0.5, 0.6) is 11.5 Å². The van der Waals surface area contributed by atoms with E-state index in [0.717, 1.165) is 44.9 Å². The maximum Gasteiger partial charge on any atom is 0.332 e. The number of methoxy groups -OCH3 is 2. The summed E-state index contributed by atoms with van der Waals surface area (Å²) in [6.45, 7) is 3.07. The van der Waals surface area contributed by atoms with Crippen molar-refractivity contribution < 1.29 is 28.5 Å². The molecule has 236 valence electrons. The van der Waals surface area contributed by atoms with Gasteiger partial charge in [-0.2, -0.15) is 5.26 Å². The van der Waals surface area contributed by atoms with Crippen LogP contribution in [0.15, 0.2) is 110 Å². The number of nitriles is 1. The number of esters is 1. The number of nitrogens with zero attached hydrogens (tertiary/aromatic N) is 2. The summed E-state index contributed by atoms with van der Waals surface area (Å²) in [5, 5.41) is 9.05. The molecule has 4 rings (SSSR count). The lowest BCUT2D eigenvalue weighted by Gasteiger charge is -2.30. The zero-order valence-corrected chi connectivity index (χ0v) is 26.3. The Morgan fingerprint density at radius 3 is 1.78 bits per heavy atom. The molecule has 0 fully saturated rings. The van der Waals surface area contributed by atoms with Gasteiger partial charge in [-0.3, -0.25) is 4.79 Å². The van der Waals surface area contributed by atoms with Crippen LogP contribution in [0.25, 0.3) is 22.3 Å². The summed E-state index contributed by atoms with van der Waals surface area (Å²) in [4.78, 5) is 27.6. The van der Waals surface area contributed by atoms with Crippen LogP contribution in [0.2, 0.25) is 0 Å². The quantitative estimate of drug-likeness (QED) is 0.104. The average Bonchev–Trinajstić information content (AvgIpc) is 3.11. The molecule has 1 unspecified atom stereocenters. The molecule has 46 heavy (non-hydrogen) atoms. The van der Waals surface area contributed by atoms with E-state index in [1.165, 1.54) is 4.90 Å². The lowest BCUT2D eigenvalue weighted by Crippen LogP contribution is -2.46. The summed E-state index contributed by atoms with van der Waals surface area (Å²) in [6, 6.07) is 32.1. The van der Waals surface area contributed by atoms with Gasteiger partial charge < -0.3 is 23.8 Å². The van der Waals surface area contributed by atoms with Crippen molar-refractivity contribution >= 4 is 11.9 Å². The summed E-state index contributed by atoms with van der Waals surface area (Å²) in [5.74, 6) is 0.487. The van der Waals surface area contributed by atoms with E-state index in [1.54, 1.807) is 27.3 Å². The summed E-state index contributed by atoms with van der Waals surface area (Å²) in [5.41, 5.74) is 5.48. The summed E-state index contributed by atoms with van der Waals surface area (Å²) < 4.78 is 22.7. The van der Waals surface area contributed by atoms with Gasteiger partial charge in [-0.05, 0) is 64.1 Å². The molecule has 1 amide bonds. The molecule has 0 aliphatic carbocycles. The highest BCUT2D eigenvalue weighted by Gasteiger charge is 2.31. The third kappa shape index (κ3) is 8.20. The Bertz CT molecular complexity index is 1570. The second-order valence-electron chi connectivity index (χ2n) is 10.5. The molecule has 4 aromatic rings. The number of hydrogen-bond acceptors (Lipinski definition) is 7. The Hall–Kier alpha value is -5.39. The number of amides is 1. The van der Waals surface area contributed by atoms with Crippen molar-refractivity contribution in [2.24, 2.45) is 0 Å². The molecule has 0 aliphatic heterocycles. The standard InChI is InChI=1S/C38H38N2O6/c1-5-6-15-36(41)40(2)35(38(42)45-25-24-39)26-46-37(33-13-9-7-11-31(33)27-16-20-29(43-3)21-17-27)34-14-10-8-12-32(34)28-18-22-30(44-4)23-19-28/h5,7-14,16-23,35,37H,1,6,15,25-26H2,2-4H3. The minimum Gasteiger partial charge on any atom is -0.497 e. The molecule has 0 bridgehead atoms. The van der Waals surface area contributed by atoms with Gasteiger partial charge in [0.25, 0.3) is 0 Å². The SMILES string of the molecule is C=CCCC(=O)N(C)C(COC(c1ccccc1-c1ccc(OC)cc1)c1ccccc1-c1ccc(OC)cc1)C(=O)OCC#N. The third-order valence-corrected chi connectivity index (χ3v) is 7.68. The summed E-state index contributed by atoms with van der Waals surface area (Å²) in [6.07, 6.45) is 1.61. The minimum atomic E-state index is -1.09. The van der Waals surface area contributed by atoms with Crippen molar-refractivity contribution in [3.63, 3.8) is 0 Å². The number of carbonyl (C=O) groups excluding carboxylic acids is 2. The van der Waals surface area contributed by atoms with Crippen LogP contribution in [0.1, 0.15) is 30.1 Å². The number of benzene rings is 4. The molecule has 0 heterocycles. The van der Waals surface area contributed by atoms with Gasteiger partial charge in [-0.1, -0.05) is 78.9 Å². The van der Waals surface area contributed by atoms with E-state index < -0.39 is 24.7 Å². The van der Waals surface area contributed by atoms with E-state index >= 15 is 0 Å². The van der Waals surface area contributed by atoms with Gasteiger partial charge in [0, 0.05) is 13.5 Å². The normalized spacial score (nSPS) is 11.3. The van der Waals surface area contributed by atoms with E-state index in [-0.39, 0.29) is 18.9 Å². The van der Waals surface area contributed by atoms with E-state index in [2.05, 4.69) is 6.58 Å². The second-order valence-corrected chi connectivity index (χ2v) is 10.5. The van der Waals surface area contributed by atoms with Crippen molar-refractivity contribution in [3.05, 3.63) is 121 Å². The van der Waals surface area contributed by atoms with Gasteiger partial charge in [0.15, 0.2) is 12.6 Å². The molecule has 0 radical (unpaired) electrons. The number of carbonyl (C=O) groups is 2. The van der Waals surface area contributed by atoms with E-state index in [1.807, 2.05) is 103 Å². The average molecular weight is 619 g/mol. The van der Waals surface area contributed by atoms with E-state index in [0.29, 0.717) is 6.42 Å². The lowest BCUT2D eigenvalue weighted by molar-refractivity contribution is -0.156. The minimum absolute atomic E-state index is 0.173. The molecule has 0 saturated heterocycles. The number of hydrogen-bond donors (Lipinski definition) is 0. The second kappa shape index (κ2) is 16.6. The highest BCUT2D eigenvalue weighted by atomic mass is 16.5. The molecule has 0 N–H and O–H groups in total. The highest BCUT2D eigenvalue weighted by molar-refractivity contribution is 5.84. The first-order chi connectivity index (χ1) is 22.4. The Balaban J connectivity index is 1.82. The fourth-order valence-corrected chi connectivity index (χ4v) is 5.17. The van der Waals surface area contributed by atoms with Crippen molar-refractivity contribution in [1.29, 1.82) is 5.26 Å². The summed E-state index contributed by atoms with van der Waals surface area (Å²) >= 11 is 0. The van der Waals surface area contributed by atoms with Gasteiger partial charge in [-0.15, -0.1) is 6.58 Å². The molecular formula is C38H38N2O6. The third-order valence-electron chi connectivity index (χ3n) is 7.68. The maximum atomic E-state index is 13.2. The Kier molecular flexibility index (Phi) is 12.1. The van der Waals surface area contributed by atoms with Gasteiger partial charge in [0.1, 0.15) is 23.7 Å². The zero-order chi connectivity index (χ0) is 32.9. The molecular weight excluding hydrogens is 580 g/mol. The Labute approximate surface area is 270 Å². The fraction of sp³-hybridized carbons (Fsp3) is 0.237. The lowest BCUT2D eigenvalue weighted by atomic mass is 9.88. The summed E-state index contributed by atoms with van der Waals surface area (Å²) in [7, 11) is 4.79. The van der Waals surface area contributed by atoms with Crippen LogP contribution in [-0.4, -0.2) is 57.3 Å². The number of allylic oxidation sites excluding steroid dienone is 1. The highest BCUT2D eigenvalue weighted by Crippen LogP contribution is 2.39. The van der Waals surface area contributed by atoms with E-state index in [9.17, 15) is 9.59 Å². The Morgan fingerprint density at radius 2 is 1.33 bits per heavy atom. The van der Waals surface area contributed by atoms with Crippen LogP contribution in [0, 0.1) is 11.3 Å². The molecule has 1 atom stereocenters. The van der Waals surface area contributed by atoms with Crippen molar-refractivity contribution in [1.82, 2.24) is 4.90 Å². The van der Waals surface area contributed by atoms with Crippen LogP contribution in [-0.2, 0) is 19.1 Å². The molecule has 0 spiro atoms. The monoisotopic (exact) mass is 618 g/mol. The van der Waals surface area contributed by atoms with Crippen LogP contribution >= 0.6 is 0 Å². The molecule has 8 nitrogen and oxygen atoms in total. The zero-order valence-electron chi connectivity index (χ0n) is 26.3. The predicted octanol–water partition coefficient (Wildman–Crippen LogP) is 7.00. The predicted molar refractivity (Wildman–Crippen MR) is 177 cm³/mol. The van der Waals surface area contributed by atoms with Gasteiger partial charge in [0.2, 0.25) is 5.91 Å². The Morgan fingerprint density at radius 1 is 0.826 bits per heavy atom. The smallest absolute Gasteiger partial charge is 0.332 e. The maximum absolute atomic E-state index is 13.2. The molecule has 4 aromatic carbocycles. The van der Waals surface area contributed by atoms with Gasteiger partial charge in [-0.25, -0.2) is 4.79 Å². The van der Waals surface area contributed by atoms with Crippen LogP contribution < -0.4 is 9.47 Å². The first-order valence-electron chi connectivity index (χ1n) is 14.9. The van der Waals surface area contributed by atoms with Gasteiger partial charge >= 0.3 is 5.97 Å². The van der Waals surface area contributed by atoms with Crippen LogP contribution in [0.3, 0.4) is 0 Å². The molecule has 0 aromatic heterocycles. The molecule has 8 heteroatoms. The molecule has 0 aliphatic rings. The van der Waals surface area contributed by atoms with Crippen molar-refractivity contribution in [3.8, 4) is 39.8 Å². The van der Waals surface area contributed by atoms with Crippen LogP contribution in [0.4, 0.5) is 0 Å². The fourth-order valence-electron chi connectivity index (χ4n) is 5.17. The largest absolute Gasteiger partial charge is 0.497 e. The first kappa shape index (κ1) is 33.5. The first-order valence-corrected chi connectivity index (χ1v) is 14.9. The van der Waals surface area contributed by atoms with Crippen molar-refractivity contribution in [2.75, 3.05) is 34.5 Å². The number of likely N-dealkylation sites (N-methyl/N-ethyl adjacent to an activating group) is 1.